The fourth-order valence-electron chi connectivity index (χ4n) is 1.40. The number of hydrogen-bond donors (Lipinski definition) is 1. The smallest absolute Gasteiger partial charge is 0.342 e. The molecule has 20 heavy (non-hydrogen) atoms. The van der Waals surface area contributed by atoms with Gasteiger partial charge in [-0.05, 0) is 12.1 Å². The number of carboxylic acids is 1. The van der Waals surface area contributed by atoms with Gasteiger partial charge >= 0.3 is 17.9 Å². The van der Waals surface area contributed by atoms with Crippen molar-refractivity contribution in [2.24, 2.45) is 0 Å². The lowest BCUT2D eigenvalue weighted by Gasteiger charge is -2.16. The SMILES string of the molecule is C=CC(=O)OC(CC)OC(=O)c1ccccc1C(=O)O. The number of carboxylic acid groups (broad SMARTS) is 1. The average molecular weight is 278 g/mol. The maximum Gasteiger partial charge on any atom is 0.342 e. The molecule has 0 aliphatic heterocycles. The number of aromatic carboxylic acids is 1. The molecule has 0 saturated heterocycles. The van der Waals surface area contributed by atoms with E-state index in [0.717, 1.165) is 6.08 Å². The van der Waals surface area contributed by atoms with Crippen molar-refractivity contribution in [2.45, 2.75) is 19.6 Å². The van der Waals surface area contributed by atoms with E-state index in [1.807, 2.05) is 0 Å². The van der Waals surface area contributed by atoms with Crippen LogP contribution in [0, 0.1) is 0 Å². The predicted octanol–water partition coefficient (Wildman–Crippen LogP) is 2.01. The number of ether oxygens (including phenoxy) is 2. The zero-order chi connectivity index (χ0) is 15.1. The second kappa shape index (κ2) is 7.08. The van der Waals surface area contributed by atoms with Gasteiger partial charge in [0.2, 0.25) is 6.29 Å². The maximum absolute atomic E-state index is 11.9. The summed E-state index contributed by atoms with van der Waals surface area (Å²) in [7, 11) is 0. The molecule has 0 aromatic heterocycles. The minimum absolute atomic E-state index is 0.104. The van der Waals surface area contributed by atoms with E-state index in [1.165, 1.54) is 24.3 Å². The molecule has 6 heteroatoms. The fraction of sp³-hybridized carbons (Fsp3) is 0.214. The van der Waals surface area contributed by atoms with Crippen LogP contribution in [0.1, 0.15) is 34.1 Å². The Morgan fingerprint density at radius 2 is 1.85 bits per heavy atom. The molecule has 6 nitrogen and oxygen atoms in total. The van der Waals surface area contributed by atoms with Crippen LogP contribution < -0.4 is 0 Å². The molecule has 1 rings (SSSR count). The summed E-state index contributed by atoms with van der Waals surface area (Å²) in [5.74, 6) is -2.84. The second-order valence-corrected chi connectivity index (χ2v) is 3.73. The Kier molecular flexibility index (Phi) is 5.46. The van der Waals surface area contributed by atoms with Gasteiger partial charge in [-0.2, -0.15) is 0 Å². The van der Waals surface area contributed by atoms with Gasteiger partial charge in [0, 0.05) is 12.5 Å². The quantitative estimate of drug-likeness (QED) is 0.486. The fourth-order valence-corrected chi connectivity index (χ4v) is 1.40. The predicted molar refractivity (Wildman–Crippen MR) is 69.2 cm³/mol. The molecule has 0 amide bonds. The molecular formula is C14H14O6. The molecule has 1 atom stereocenters. The van der Waals surface area contributed by atoms with Crippen LogP contribution in [0.3, 0.4) is 0 Å². The second-order valence-electron chi connectivity index (χ2n) is 3.73. The third-order valence-electron chi connectivity index (χ3n) is 2.36. The molecule has 0 heterocycles. The third-order valence-corrected chi connectivity index (χ3v) is 2.36. The van der Waals surface area contributed by atoms with Crippen LogP contribution in [-0.2, 0) is 14.3 Å². The first-order valence-electron chi connectivity index (χ1n) is 5.86. The number of hydrogen-bond acceptors (Lipinski definition) is 5. The minimum atomic E-state index is -1.24. The van der Waals surface area contributed by atoms with E-state index in [-0.39, 0.29) is 17.5 Å². The van der Waals surface area contributed by atoms with Crippen molar-refractivity contribution in [3.63, 3.8) is 0 Å². The van der Waals surface area contributed by atoms with E-state index in [2.05, 4.69) is 6.58 Å². The molecule has 1 aromatic rings. The summed E-state index contributed by atoms with van der Waals surface area (Å²) in [5.41, 5.74) is -0.282. The summed E-state index contributed by atoms with van der Waals surface area (Å²) in [4.78, 5) is 34.0. The summed E-state index contributed by atoms with van der Waals surface area (Å²) in [5, 5.41) is 8.98. The van der Waals surface area contributed by atoms with E-state index in [9.17, 15) is 14.4 Å². The molecule has 0 aliphatic carbocycles. The van der Waals surface area contributed by atoms with Crippen molar-refractivity contribution in [3.05, 3.63) is 48.0 Å². The highest BCUT2D eigenvalue weighted by molar-refractivity contribution is 6.02. The Morgan fingerprint density at radius 3 is 2.35 bits per heavy atom. The van der Waals surface area contributed by atoms with Crippen LogP contribution in [-0.4, -0.2) is 29.3 Å². The highest BCUT2D eigenvalue weighted by Gasteiger charge is 2.21. The Hall–Kier alpha value is -2.63. The molecule has 0 spiro atoms. The molecule has 1 unspecified atom stereocenters. The highest BCUT2D eigenvalue weighted by Crippen LogP contribution is 2.13. The Bertz CT molecular complexity index is 534. The lowest BCUT2D eigenvalue weighted by Crippen LogP contribution is -2.24. The number of esters is 2. The van der Waals surface area contributed by atoms with Crippen molar-refractivity contribution in [1.82, 2.24) is 0 Å². The van der Waals surface area contributed by atoms with E-state index in [4.69, 9.17) is 14.6 Å². The zero-order valence-corrected chi connectivity index (χ0v) is 10.9. The van der Waals surface area contributed by atoms with Gasteiger partial charge in [-0.3, -0.25) is 0 Å². The third kappa shape index (κ3) is 3.94. The van der Waals surface area contributed by atoms with E-state index >= 15 is 0 Å². The lowest BCUT2D eigenvalue weighted by molar-refractivity contribution is -0.162. The average Bonchev–Trinajstić information content (AvgIpc) is 2.45. The zero-order valence-electron chi connectivity index (χ0n) is 10.9. The van der Waals surface area contributed by atoms with E-state index in [0.29, 0.717) is 0 Å². The normalized spacial score (nSPS) is 11.2. The van der Waals surface area contributed by atoms with Crippen LogP contribution in [0.5, 0.6) is 0 Å². The van der Waals surface area contributed by atoms with Crippen LogP contribution in [0.25, 0.3) is 0 Å². The van der Waals surface area contributed by atoms with Crippen molar-refractivity contribution in [1.29, 1.82) is 0 Å². The Morgan fingerprint density at radius 1 is 1.25 bits per heavy atom. The standard InChI is InChI=1S/C14H14O6/c1-3-11(15)19-12(4-2)20-14(18)10-8-6-5-7-9(10)13(16)17/h3,5-8,12H,1,4H2,2H3,(H,16,17). The molecule has 0 radical (unpaired) electrons. The molecule has 0 bridgehead atoms. The van der Waals surface area contributed by atoms with Gasteiger partial charge in [0.1, 0.15) is 0 Å². The van der Waals surface area contributed by atoms with Gasteiger partial charge < -0.3 is 14.6 Å². The topological polar surface area (TPSA) is 89.9 Å². The van der Waals surface area contributed by atoms with Crippen molar-refractivity contribution >= 4 is 17.9 Å². The minimum Gasteiger partial charge on any atom is -0.478 e. The van der Waals surface area contributed by atoms with Crippen LogP contribution in [0.4, 0.5) is 0 Å². The van der Waals surface area contributed by atoms with Crippen molar-refractivity contribution in [2.75, 3.05) is 0 Å². The van der Waals surface area contributed by atoms with Crippen LogP contribution >= 0.6 is 0 Å². The van der Waals surface area contributed by atoms with Gasteiger partial charge in [-0.25, -0.2) is 14.4 Å². The lowest BCUT2D eigenvalue weighted by atomic mass is 10.1. The van der Waals surface area contributed by atoms with Gasteiger partial charge in [-0.1, -0.05) is 25.6 Å². The molecule has 0 fully saturated rings. The summed E-state index contributed by atoms with van der Waals surface area (Å²) < 4.78 is 9.75. The first kappa shape index (κ1) is 15.4. The molecule has 1 N–H and O–H groups in total. The van der Waals surface area contributed by atoms with E-state index in [1.54, 1.807) is 6.92 Å². The summed E-state index contributed by atoms with van der Waals surface area (Å²) in [6.07, 6.45) is 0.0947. The Labute approximate surface area is 115 Å². The molecule has 0 saturated carbocycles. The van der Waals surface area contributed by atoms with Crippen molar-refractivity contribution in [3.8, 4) is 0 Å². The molecule has 106 valence electrons. The van der Waals surface area contributed by atoms with Gasteiger partial charge in [0.15, 0.2) is 0 Å². The molecule has 0 aliphatic rings. The van der Waals surface area contributed by atoms with Crippen molar-refractivity contribution < 1.29 is 29.0 Å². The largest absolute Gasteiger partial charge is 0.478 e. The number of rotatable bonds is 6. The summed E-state index contributed by atoms with van der Waals surface area (Å²) in [6.45, 7) is 4.88. The Balaban J connectivity index is 2.87. The number of carbonyl (C=O) groups excluding carboxylic acids is 2. The summed E-state index contributed by atoms with van der Waals surface area (Å²) >= 11 is 0. The van der Waals surface area contributed by atoms with Crippen LogP contribution in [0.15, 0.2) is 36.9 Å². The van der Waals surface area contributed by atoms with Gasteiger partial charge in [0.05, 0.1) is 11.1 Å². The maximum atomic E-state index is 11.9. The number of benzene rings is 1. The van der Waals surface area contributed by atoms with Crippen LogP contribution in [0.2, 0.25) is 0 Å². The van der Waals surface area contributed by atoms with E-state index < -0.39 is 24.2 Å². The number of carbonyl (C=O) groups is 3. The van der Waals surface area contributed by atoms with Gasteiger partial charge in [0.25, 0.3) is 0 Å². The van der Waals surface area contributed by atoms with Gasteiger partial charge in [-0.15, -0.1) is 0 Å². The molecular weight excluding hydrogens is 264 g/mol. The highest BCUT2D eigenvalue weighted by atomic mass is 16.7. The summed E-state index contributed by atoms with van der Waals surface area (Å²) in [6, 6.07) is 5.62. The molecule has 1 aromatic carbocycles. The first-order valence-corrected chi connectivity index (χ1v) is 5.86. The first-order chi connectivity index (χ1) is 9.49. The monoisotopic (exact) mass is 278 g/mol.